The highest BCUT2D eigenvalue weighted by molar-refractivity contribution is 5.88. The summed E-state index contributed by atoms with van der Waals surface area (Å²) in [5.74, 6) is 1.08. The third-order valence-corrected chi connectivity index (χ3v) is 6.19. The molecule has 1 atom stereocenters. The van der Waals surface area contributed by atoms with Crippen molar-refractivity contribution in [1.82, 2.24) is 25.3 Å². The van der Waals surface area contributed by atoms with Crippen LogP contribution in [0.5, 0.6) is 0 Å². The quantitative estimate of drug-likeness (QED) is 0.610. The van der Waals surface area contributed by atoms with Gasteiger partial charge in [0.25, 0.3) is 0 Å². The van der Waals surface area contributed by atoms with E-state index in [1.54, 1.807) is 6.20 Å². The van der Waals surface area contributed by atoms with Crippen molar-refractivity contribution in [3.8, 4) is 6.07 Å². The highest BCUT2D eigenvalue weighted by atomic mass is 19.4. The number of hydrogen-bond donors (Lipinski definition) is 2. The number of alkyl halides is 3. The summed E-state index contributed by atoms with van der Waals surface area (Å²) in [7, 11) is 4.15. The largest absolute Gasteiger partial charge is 0.417 e. The molecule has 0 bridgehead atoms. The van der Waals surface area contributed by atoms with Gasteiger partial charge in [-0.05, 0) is 43.3 Å². The first-order chi connectivity index (χ1) is 17.7. The molecule has 1 saturated heterocycles. The maximum atomic E-state index is 13.2. The SMILES string of the molecule is C=C1/C=C(C(F)(F)F)\C=N/N/C=C\1c1nc(NCc2ccc(N(C)C3CCN(C)C3)nc2)ncc1C#N. The van der Waals surface area contributed by atoms with Crippen molar-refractivity contribution in [1.29, 1.82) is 5.26 Å². The molecule has 0 aliphatic carbocycles. The van der Waals surface area contributed by atoms with Gasteiger partial charge in [-0.3, -0.25) is 5.43 Å². The fraction of sp³-hybridized carbons (Fsp3) is 0.320. The van der Waals surface area contributed by atoms with E-state index < -0.39 is 11.7 Å². The number of allylic oxidation sites excluding steroid dienone is 4. The second-order valence-electron chi connectivity index (χ2n) is 8.83. The molecule has 1 unspecified atom stereocenters. The number of hydrazone groups is 1. The molecule has 4 rings (SSSR count). The lowest BCUT2D eigenvalue weighted by molar-refractivity contribution is -0.0856. The lowest BCUT2D eigenvalue weighted by atomic mass is 9.99. The number of nitrogens with one attached hydrogen (secondary N) is 2. The zero-order valence-electron chi connectivity index (χ0n) is 20.4. The van der Waals surface area contributed by atoms with Gasteiger partial charge in [0.1, 0.15) is 11.9 Å². The summed E-state index contributed by atoms with van der Waals surface area (Å²) in [6.45, 7) is 6.16. The first-order valence-electron chi connectivity index (χ1n) is 11.5. The van der Waals surface area contributed by atoms with E-state index in [0.29, 0.717) is 18.8 Å². The highest BCUT2D eigenvalue weighted by Crippen LogP contribution is 2.31. The van der Waals surface area contributed by atoms with Gasteiger partial charge >= 0.3 is 6.18 Å². The van der Waals surface area contributed by atoms with Crippen LogP contribution in [0.4, 0.5) is 24.9 Å². The Morgan fingerprint density at radius 2 is 2.11 bits per heavy atom. The summed E-state index contributed by atoms with van der Waals surface area (Å²) in [5.41, 5.74) is 2.75. The molecule has 192 valence electrons. The van der Waals surface area contributed by atoms with E-state index in [1.807, 2.05) is 25.2 Å². The van der Waals surface area contributed by atoms with E-state index in [9.17, 15) is 18.4 Å². The Morgan fingerprint density at radius 1 is 1.30 bits per heavy atom. The number of rotatable bonds is 6. The van der Waals surface area contributed by atoms with Gasteiger partial charge in [-0.2, -0.15) is 23.5 Å². The van der Waals surface area contributed by atoms with E-state index in [1.165, 1.54) is 12.4 Å². The van der Waals surface area contributed by atoms with E-state index in [4.69, 9.17) is 0 Å². The molecule has 1 fully saturated rings. The van der Waals surface area contributed by atoms with Crippen LogP contribution in [-0.4, -0.2) is 65.5 Å². The summed E-state index contributed by atoms with van der Waals surface area (Å²) in [4.78, 5) is 17.6. The normalized spacial score (nSPS) is 21.9. The topological polar surface area (TPSA) is 105 Å². The Balaban J connectivity index is 1.49. The van der Waals surface area contributed by atoms with Crippen LogP contribution < -0.4 is 15.6 Å². The van der Waals surface area contributed by atoms with Gasteiger partial charge in [0.05, 0.1) is 29.2 Å². The van der Waals surface area contributed by atoms with Crippen molar-refractivity contribution in [2.75, 3.05) is 37.4 Å². The van der Waals surface area contributed by atoms with Crippen LogP contribution in [-0.2, 0) is 6.54 Å². The molecule has 2 aromatic rings. The summed E-state index contributed by atoms with van der Waals surface area (Å²) in [5, 5.41) is 16.2. The monoisotopic (exact) mass is 509 g/mol. The lowest BCUT2D eigenvalue weighted by Crippen LogP contribution is -2.34. The fourth-order valence-corrected chi connectivity index (χ4v) is 4.06. The van der Waals surface area contributed by atoms with Crippen LogP contribution in [0, 0.1) is 11.3 Å². The van der Waals surface area contributed by atoms with Crippen molar-refractivity contribution in [3.63, 3.8) is 0 Å². The van der Waals surface area contributed by atoms with Crippen LogP contribution in [0.15, 0.2) is 59.6 Å². The summed E-state index contributed by atoms with van der Waals surface area (Å²) in [6, 6.07) is 6.31. The molecule has 0 saturated carbocycles. The number of anilines is 2. The van der Waals surface area contributed by atoms with Crippen molar-refractivity contribution in [2.24, 2.45) is 5.10 Å². The number of pyridine rings is 1. The molecule has 4 heterocycles. The van der Waals surface area contributed by atoms with Gasteiger partial charge in [0.15, 0.2) is 0 Å². The van der Waals surface area contributed by atoms with Gasteiger partial charge in [0, 0.05) is 44.1 Å². The molecule has 12 heteroatoms. The Morgan fingerprint density at radius 3 is 2.76 bits per heavy atom. The summed E-state index contributed by atoms with van der Waals surface area (Å²) < 4.78 is 39.7. The number of hydrogen-bond acceptors (Lipinski definition) is 9. The molecule has 2 aliphatic heterocycles. The van der Waals surface area contributed by atoms with Gasteiger partial charge in [-0.25, -0.2) is 15.0 Å². The Bertz CT molecular complexity index is 1290. The number of nitriles is 1. The molecule has 2 N–H and O–H groups in total. The molecule has 0 aromatic carbocycles. The highest BCUT2D eigenvalue weighted by Gasteiger charge is 2.33. The van der Waals surface area contributed by atoms with E-state index in [-0.39, 0.29) is 28.4 Å². The summed E-state index contributed by atoms with van der Waals surface area (Å²) in [6.07, 6.45) is 2.43. The van der Waals surface area contributed by atoms with Gasteiger partial charge in [-0.15, -0.1) is 0 Å². The predicted molar refractivity (Wildman–Crippen MR) is 135 cm³/mol. The third kappa shape index (κ3) is 6.13. The number of likely N-dealkylation sites (N-methyl/N-ethyl adjacent to an activating group) is 2. The molecular weight excluding hydrogens is 483 g/mol. The standard InChI is InChI=1S/C25H26F3N9/c1-16-8-19(25(26,27)28)13-33-34-14-21(16)23-18(9-29)12-32-24(35-23)31-11-17-4-5-22(30-10-17)37(3)20-6-7-36(2)15-20/h4-5,8,10,12-14,20,34H,1,6-7,11,15H2,2-3H3,(H,31,32,35)/b19-8+,21-14+,33-13-. The number of halogens is 3. The third-order valence-electron chi connectivity index (χ3n) is 6.19. The van der Waals surface area contributed by atoms with E-state index >= 15 is 0 Å². The van der Waals surface area contributed by atoms with E-state index in [0.717, 1.165) is 37.0 Å². The maximum absolute atomic E-state index is 13.2. The zero-order chi connectivity index (χ0) is 26.6. The molecule has 2 aromatic heterocycles. The predicted octanol–water partition coefficient (Wildman–Crippen LogP) is 3.47. The number of aromatic nitrogens is 3. The van der Waals surface area contributed by atoms with Crippen LogP contribution >= 0.6 is 0 Å². The second-order valence-corrected chi connectivity index (χ2v) is 8.83. The molecular formula is C25H26F3N9. The lowest BCUT2D eigenvalue weighted by Gasteiger charge is -2.25. The van der Waals surface area contributed by atoms with Crippen LogP contribution in [0.3, 0.4) is 0 Å². The average molecular weight is 510 g/mol. The molecule has 37 heavy (non-hydrogen) atoms. The number of nitrogens with zero attached hydrogens (tertiary/aromatic N) is 7. The zero-order valence-corrected chi connectivity index (χ0v) is 20.4. The number of likely N-dealkylation sites (tertiary alicyclic amines) is 1. The van der Waals surface area contributed by atoms with Crippen molar-refractivity contribution < 1.29 is 13.2 Å². The minimum absolute atomic E-state index is 0.0180. The Kier molecular flexibility index (Phi) is 7.54. The maximum Gasteiger partial charge on any atom is 0.417 e. The first-order valence-corrected chi connectivity index (χ1v) is 11.5. The van der Waals surface area contributed by atoms with Gasteiger partial charge < -0.3 is 15.1 Å². The molecule has 0 amide bonds. The first kappa shape index (κ1) is 25.8. The minimum atomic E-state index is -4.61. The average Bonchev–Trinajstić information content (AvgIpc) is 3.30. The van der Waals surface area contributed by atoms with E-state index in [2.05, 4.69) is 54.2 Å². The molecule has 0 spiro atoms. The van der Waals surface area contributed by atoms with Crippen molar-refractivity contribution in [3.05, 3.63) is 71.3 Å². The second kappa shape index (κ2) is 10.8. The Hall–Kier alpha value is -4.24. The summed E-state index contributed by atoms with van der Waals surface area (Å²) >= 11 is 0. The Labute approximate surface area is 212 Å². The van der Waals surface area contributed by atoms with Crippen molar-refractivity contribution >= 4 is 23.6 Å². The van der Waals surface area contributed by atoms with Crippen LogP contribution in [0.1, 0.15) is 23.2 Å². The smallest absolute Gasteiger partial charge is 0.355 e. The van der Waals surface area contributed by atoms with Gasteiger partial charge in [-0.1, -0.05) is 12.6 Å². The molecule has 9 nitrogen and oxygen atoms in total. The minimum Gasteiger partial charge on any atom is -0.355 e. The van der Waals surface area contributed by atoms with Crippen molar-refractivity contribution in [2.45, 2.75) is 25.2 Å². The molecule has 0 radical (unpaired) electrons. The molecule has 2 aliphatic rings. The van der Waals surface area contributed by atoms with Crippen LogP contribution in [0.2, 0.25) is 0 Å². The van der Waals surface area contributed by atoms with Gasteiger partial charge in [0.2, 0.25) is 5.95 Å². The fourth-order valence-electron chi connectivity index (χ4n) is 4.06. The van der Waals surface area contributed by atoms with Crippen LogP contribution in [0.25, 0.3) is 5.57 Å².